The lowest BCUT2D eigenvalue weighted by Crippen LogP contribution is -2.38. The number of nitrogens with zero attached hydrogens (tertiary/aromatic N) is 4. The van der Waals surface area contributed by atoms with Crippen LogP contribution in [-0.2, 0) is 0 Å². The molecule has 0 atom stereocenters. The van der Waals surface area contributed by atoms with Crippen LogP contribution in [0.25, 0.3) is 21.3 Å². The summed E-state index contributed by atoms with van der Waals surface area (Å²) in [5, 5.41) is 15.9. The van der Waals surface area contributed by atoms with Crippen molar-refractivity contribution in [3.63, 3.8) is 0 Å². The number of nitrogens with one attached hydrogen (secondary N) is 1. The number of aromatic nitrogens is 3. The van der Waals surface area contributed by atoms with Crippen LogP contribution in [-0.4, -0.2) is 39.7 Å². The lowest BCUT2D eigenvalue weighted by atomic mass is 9.92. The molecule has 2 heterocycles. The molecule has 3 aromatic rings. The van der Waals surface area contributed by atoms with E-state index in [1.165, 1.54) is 19.3 Å². The van der Waals surface area contributed by atoms with Crippen LogP contribution < -0.4 is 5.32 Å². The zero-order chi connectivity index (χ0) is 18.1. The Morgan fingerprint density at radius 2 is 2.12 bits per heavy atom. The van der Waals surface area contributed by atoms with Crippen molar-refractivity contribution in [3.05, 3.63) is 47.7 Å². The van der Waals surface area contributed by atoms with Crippen molar-refractivity contribution in [2.45, 2.75) is 32.2 Å². The molecule has 1 aliphatic carbocycles. The molecule has 5 nitrogen and oxygen atoms in total. The quantitative estimate of drug-likeness (QED) is 0.698. The van der Waals surface area contributed by atoms with Gasteiger partial charge >= 0.3 is 0 Å². The molecular weight excluding hydrogens is 342 g/mol. The second-order valence-electron chi connectivity index (χ2n) is 6.99. The lowest BCUT2D eigenvalue weighted by Gasteiger charge is -2.35. The predicted molar refractivity (Wildman–Crippen MR) is 108 cm³/mol. The maximum absolute atomic E-state index is 4.52. The third-order valence-electron chi connectivity index (χ3n) is 4.94. The standard InChI is InChI=1S/C20H23N5S/c1-13(12-25(3)18-5-4-6-18)22-19-10-17-9-15(7-8-16(17)11-21-19)20-24-23-14(2)26-20/h7-11,18H,1,4-6,12H2,2-3H3,(H,21,22). The van der Waals surface area contributed by atoms with Gasteiger partial charge < -0.3 is 5.32 Å². The molecule has 134 valence electrons. The summed E-state index contributed by atoms with van der Waals surface area (Å²) < 4.78 is 0. The molecule has 0 radical (unpaired) electrons. The molecule has 2 aromatic heterocycles. The molecule has 1 saturated carbocycles. The van der Waals surface area contributed by atoms with E-state index in [2.05, 4.69) is 63.3 Å². The Morgan fingerprint density at radius 1 is 1.27 bits per heavy atom. The van der Waals surface area contributed by atoms with E-state index in [0.29, 0.717) is 6.04 Å². The number of benzene rings is 1. The number of rotatable bonds is 6. The second kappa shape index (κ2) is 7.13. The first-order valence-electron chi connectivity index (χ1n) is 8.94. The van der Waals surface area contributed by atoms with Gasteiger partial charge in [-0.25, -0.2) is 4.98 Å². The number of hydrogen-bond acceptors (Lipinski definition) is 6. The molecule has 1 N–H and O–H groups in total. The molecule has 1 aliphatic rings. The summed E-state index contributed by atoms with van der Waals surface area (Å²) in [6.45, 7) is 6.98. The summed E-state index contributed by atoms with van der Waals surface area (Å²) >= 11 is 1.61. The topological polar surface area (TPSA) is 53.9 Å². The summed E-state index contributed by atoms with van der Waals surface area (Å²) in [5.41, 5.74) is 2.06. The van der Waals surface area contributed by atoms with E-state index in [4.69, 9.17) is 0 Å². The van der Waals surface area contributed by atoms with Gasteiger partial charge in [0.15, 0.2) is 0 Å². The van der Waals surface area contributed by atoms with Crippen LogP contribution >= 0.6 is 11.3 Å². The molecule has 1 fully saturated rings. The largest absolute Gasteiger partial charge is 0.343 e. The highest BCUT2D eigenvalue weighted by molar-refractivity contribution is 7.14. The Labute approximate surface area is 157 Å². The molecule has 1 aromatic carbocycles. The Kier molecular flexibility index (Phi) is 4.70. The molecular formula is C20H23N5S. The highest BCUT2D eigenvalue weighted by Crippen LogP contribution is 2.28. The van der Waals surface area contributed by atoms with Crippen LogP contribution in [0, 0.1) is 6.92 Å². The molecule has 6 heteroatoms. The van der Waals surface area contributed by atoms with E-state index in [0.717, 1.165) is 44.4 Å². The van der Waals surface area contributed by atoms with Gasteiger partial charge in [-0.2, -0.15) is 0 Å². The first-order chi connectivity index (χ1) is 12.6. The third kappa shape index (κ3) is 3.61. The SMILES string of the molecule is C=C(CN(C)C1CCC1)Nc1cc2cc(-c3nnc(C)s3)ccc2cn1. The monoisotopic (exact) mass is 365 g/mol. The average Bonchev–Trinajstić information content (AvgIpc) is 2.98. The van der Waals surface area contributed by atoms with Gasteiger partial charge in [-0.15, -0.1) is 10.2 Å². The van der Waals surface area contributed by atoms with Gasteiger partial charge in [0.25, 0.3) is 0 Å². The molecule has 4 rings (SSSR count). The first-order valence-corrected chi connectivity index (χ1v) is 9.75. The maximum Gasteiger partial charge on any atom is 0.147 e. The Morgan fingerprint density at radius 3 is 2.81 bits per heavy atom. The fourth-order valence-corrected chi connectivity index (χ4v) is 3.92. The summed E-state index contributed by atoms with van der Waals surface area (Å²) in [7, 11) is 2.17. The van der Waals surface area contributed by atoms with Crippen molar-refractivity contribution < 1.29 is 0 Å². The Bertz CT molecular complexity index is 944. The van der Waals surface area contributed by atoms with E-state index in [1.807, 2.05) is 13.1 Å². The van der Waals surface area contributed by atoms with Crippen molar-refractivity contribution in [3.8, 4) is 10.6 Å². The van der Waals surface area contributed by atoms with Gasteiger partial charge in [-0.1, -0.05) is 36.5 Å². The number of aryl methyl sites for hydroxylation is 1. The van der Waals surface area contributed by atoms with Crippen molar-refractivity contribution in [1.29, 1.82) is 0 Å². The molecule has 0 spiro atoms. The van der Waals surface area contributed by atoms with Crippen LogP contribution in [0.3, 0.4) is 0 Å². The highest BCUT2D eigenvalue weighted by atomic mass is 32.1. The number of likely N-dealkylation sites (N-methyl/N-ethyl adjacent to an activating group) is 1. The minimum atomic E-state index is 0.705. The second-order valence-corrected chi connectivity index (χ2v) is 8.17. The van der Waals surface area contributed by atoms with E-state index in [-0.39, 0.29) is 0 Å². The fourth-order valence-electron chi connectivity index (χ4n) is 3.23. The van der Waals surface area contributed by atoms with Gasteiger partial charge in [-0.3, -0.25) is 4.90 Å². The van der Waals surface area contributed by atoms with Gasteiger partial charge in [0.2, 0.25) is 0 Å². The van der Waals surface area contributed by atoms with Gasteiger partial charge in [0.05, 0.1) is 0 Å². The summed E-state index contributed by atoms with van der Waals surface area (Å²) in [6.07, 6.45) is 5.84. The fraction of sp³-hybridized carbons (Fsp3) is 0.350. The van der Waals surface area contributed by atoms with Crippen LogP contribution in [0.1, 0.15) is 24.3 Å². The van der Waals surface area contributed by atoms with Crippen molar-refractivity contribution in [1.82, 2.24) is 20.1 Å². The van der Waals surface area contributed by atoms with Crippen LogP contribution in [0.15, 0.2) is 42.7 Å². The molecule has 0 unspecified atom stereocenters. The highest BCUT2D eigenvalue weighted by Gasteiger charge is 2.22. The van der Waals surface area contributed by atoms with Crippen LogP contribution in [0.2, 0.25) is 0 Å². The van der Waals surface area contributed by atoms with Gasteiger partial charge in [-0.05, 0) is 44.3 Å². The van der Waals surface area contributed by atoms with E-state index < -0.39 is 0 Å². The Hall–Kier alpha value is -2.31. The van der Waals surface area contributed by atoms with Crippen molar-refractivity contribution >= 4 is 27.9 Å². The summed E-state index contributed by atoms with van der Waals surface area (Å²) in [4.78, 5) is 6.89. The number of pyridine rings is 1. The van der Waals surface area contributed by atoms with Crippen molar-refractivity contribution in [2.75, 3.05) is 18.9 Å². The number of hydrogen-bond donors (Lipinski definition) is 1. The van der Waals surface area contributed by atoms with Crippen molar-refractivity contribution in [2.24, 2.45) is 0 Å². The number of anilines is 1. The maximum atomic E-state index is 4.52. The zero-order valence-corrected chi connectivity index (χ0v) is 16.0. The molecule has 0 aliphatic heterocycles. The van der Waals surface area contributed by atoms with Gasteiger partial charge in [0, 0.05) is 35.4 Å². The minimum absolute atomic E-state index is 0.705. The first kappa shape index (κ1) is 17.1. The smallest absolute Gasteiger partial charge is 0.147 e. The van der Waals surface area contributed by atoms with Crippen LogP contribution in [0.4, 0.5) is 5.82 Å². The number of fused-ring (bicyclic) bond motifs is 1. The lowest BCUT2D eigenvalue weighted by molar-refractivity contribution is 0.172. The zero-order valence-electron chi connectivity index (χ0n) is 15.2. The summed E-state index contributed by atoms with van der Waals surface area (Å²) in [5.74, 6) is 0.829. The van der Waals surface area contributed by atoms with E-state index in [9.17, 15) is 0 Å². The molecule has 26 heavy (non-hydrogen) atoms. The third-order valence-corrected chi connectivity index (χ3v) is 5.83. The van der Waals surface area contributed by atoms with E-state index in [1.54, 1.807) is 11.3 Å². The minimum Gasteiger partial charge on any atom is -0.343 e. The predicted octanol–water partition coefficient (Wildman–Crippen LogP) is 4.47. The van der Waals surface area contributed by atoms with Gasteiger partial charge in [0.1, 0.15) is 15.8 Å². The van der Waals surface area contributed by atoms with E-state index >= 15 is 0 Å². The summed E-state index contributed by atoms with van der Waals surface area (Å²) in [6, 6.07) is 9.07. The van der Waals surface area contributed by atoms with Crippen LogP contribution in [0.5, 0.6) is 0 Å². The molecule has 0 amide bonds. The average molecular weight is 366 g/mol. The normalized spacial score (nSPS) is 14.6. The molecule has 0 saturated heterocycles. The molecule has 0 bridgehead atoms. The Balaban J connectivity index is 1.51.